The highest BCUT2D eigenvalue weighted by Gasteiger charge is 1.93. The van der Waals surface area contributed by atoms with Crippen molar-refractivity contribution in [1.82, 2.24) is 0 Å². The molecule has 3 heteroatoms. The first-order valence-corrected chi connectivity index (χ1v) is 9.00. The van der Waals surface area contributed by atoms with Crippen LogP contribution < -0.4 is 0 Å². The molecule has 0 saturated carbocycles. The Balaban J connectivity index is 3.73. The lowest BCUT2D eigenvalue weighted by Crippen LogP contribution is -1.98. The lowest BCUT2D eigenvalue weighted by molar-refractivity contribution is -0.136. The quantitative estimate of drug-likeness (QED) is 0.322. The van der Waals surface area contributed by atoms with Crippen LogP contribution in [0.25, 0.3) is 0 Å². The lowest BCUT2D eigenvalue weighted by atomic mass is 10.2. The molecule has 0 radical (unpaired) electrons. The van der Waals surface area contributed by atoms with Gasteiger partial charge >= 0.3 is 5.97 Å². The normalized spacial score (nSPS) is 14.3. The number of aliphatic hydroxyl groups is 1. The van der Waals surface area contributed by atoms with Gasteiger partial charge in [-0.25, -0.2) is 0 Å². The molecule has 0 aliphatic carbocycles. The topological polar surface area (TPSA) is 57.5 Å². The van der Waals surface area contributed by atoms with Gasteiger partial charge in [0.25, 0.3) is 0 Å². The third-order valence-electron chi connectivity index (χ3n) is 3.20. The van der Waals surface area contributed by atoms with Gasteiger partial charge < -0.3 is 10.2 Å². The zero-order chi connectivity index (χ0) is 18.6. The molecule has 0 amide bonds. The first-order valence-electron chi connectivity index (χ1n) is 9.00. The minimum absolute atomic E-state index is 0.170. The van der Waals surface area contributed by atoms with Gasteiger partial charge in [0, 0.05) is 6.42 Å². The average Bonchev–Trinajstić information content (AvgIpc) is 2.58. The van der Waals surface area contributed by atoms with Gasteiger partial charge in [-0.3, -0.25) is 4.79 Å². The van der Waals surface area contributed by atoms with Crippen molar-refractivity contribution in [1.29, 1.82) is 0 Å². The Kier molecular flexibility index (Phi) is 16.7. The average molecular weight is 344 g/mol. The zero-order valence-corrected chi connectivity index (χ0v) is 15.3. The van der Waals surface area contributed by atoms with Crippen LogP contribution in [-0.2, 0) is 4.79 Å². The third-order valence-corrected chi connectivity index (χ3v) is 3.20. The number of carboxylic acids is 1. The number of allylic oxidation sites excluding steroid dienone is 10. The fourth-order valence-corrected chi connectivity index (χ4v) is 1.87. The number of hydrogen-bond acceptors (Lipinski definition) is 2. The number of aliphatic hydroxyl groups excluding tert-OH is 1. The number of carboxylic acid groups (broad SMARTS) is 1. The van der Waals surface area contributed by atoms with Gasteiger partial charge in [0.2, 0.25) is 0 Å². The Morgan fingerprint density at radius 3 is 2.12 bits per heavy atom. The molecule has 2 N–H and O–H groups in total. The van der Waals surface area contributed by atoms with Crippen LogP contribution in [0.4, 0.5) is 0 Å². The van der Waals surface area contributed by atoms with Crippen LogP contribution >= 0.6 is 0 Å². The second kappa shape index (κ2) is 18.2. The van der Waals surface area contributed by atoms with Gasteiger partial charge in [-0.15, -0.1) is 0 Å². The first kappa shape index (κ1) is 22.9. The molecular weight excluding hydrogens is 312 g/mol. The lowest BCUT2D eigenvalue weighted by Gasteiger charge is -1.98. The molecule has 0 heterocycles. The van der Waals surface area contributed by atoms with Crippen molar-refractivity contribution in [2.75, 3.05) is 0 Å². The summed E-state index contributed by atoms with van der Waals surface area (Å²) in [4.78, 5) is 10.3. The number of rotatable bonds is 14. The summed E-state index contributed by atoms with van der Waals surface area (Å²) in [6, 6.07) is 0. The second-order valence-corrected chi connectivity index (χ2v) is 5.55. The summed E-state index contributed by atoms with van der Waals surface area (Å²) in [6.45, 7) is 2.13. The minimum Gasteiger partial charge on any atom is -0.481 e. The van der Waals surface area contributed by atoms with Crippen LogP contribution in [0.1, 0.15) is 51.9 Å². The standard InChI is InChI=1S/C22H32O3/c1-2-3-4-5-6-7-8-9-12-15-18-21(23)19-16-13-10-11-14-17-20-22(24)25/h3-4,6-7,9,11-16,18,21,23H,2,5,8,10,17,19-20H2,1H3,(H,24,25)/b4-3-,7-6-,12-9-,14-11+,16-13-,18-15-. The number of hydrogen-bond donors (Lipinski definition) is 2. The molecule has 1 unspecified atom stereocenters. The van der Waals surface area contributed by atoms with Gasteiger partial charge in [0.15, 0.2) is 0 Å². The first-order chi connectivity index (χ1) is 12.2. The second-order valence-electron chi connectivity index (χ2n) is 5.55. The molecule has 0 aromatic heterocycles. The maximum absolute atomic E-state index is 10.3. The highest BCUT2D eigenvalue weighted by molar-refractivity contribution is 5.66. The molecule has 0 saturated heterocycles. The molecule has 0 aromatic rings. The molecular formula is C22H32O3. The third kappa shape index (κ3) is 19.8. The van der Waals surface area contributed by atoms with E-state index < -0.39 is 12.1 Å². The van der Waals surface area contributed by atoms with Crippen molar-refractivity contribution in [2.45, 2.75) is 58.0 Å². The van der Waals surface area contributed by atoms with E-state index >= 15 is 0 Å². The maximum atomic E-state index is 10.3. The number of carbonyl (C=O) groups is 1. The van der Waals surface area contributed by atoms with E-state index in [-0.39, 0.29) is 6.42 Å². The monoisotopic (exact) mass is 344 g/mol. The summed E-state index contributed by atoms with van der Waals surface area (Å²) in [7, 11) is 0. The van der Waals surface area contributed by atoms with Crippen LogP contribution in [0.5, 0.6) is 0 Å². The van der Waals surface area contributed by atoms with Crippen molar-refractivity contribution in [2.24, 2.45) is 0 Å². The predicted molar refractivity (Wildman–Crippen MR) is 106 cm³/mol. The van der Waals surface area contributed by atoms with E-state index in [4.69, 9.17) is 5.11 Å². The molecule has 1 atom stereocenters. The Hall–Kier alpha value is -2.13. The van der Waals surface area contributed by atoms with Gasteiger partial charge in [0.05, 0.1) is 6.10 Å². The molecule has 25 heavy (non-hydrogen) atoms. The van der Waals surface area contributed by atoms with E-state index in [9.17, 15) is 9.90 Å². The smallest absolute Gasteiger partial charge is 0.303 e. The molecule has 0 aliphatic rings. The Morgan fingerprint density at radius 1 is 0.840 bits per heavy atom. The molecule has 0 aliphatic heterocycles. The highest BCUT2D eigenvalue weighted by atomic mass is 16.4. The zero-order valence-electron chi connectivity index (χ0n) is 15.3. The Morgan fingerprint density at radius 2 is 1.44 bits per heavy atom. The Labute approximate surface area is 152 Å². The Bertz CT molecular complexity index is 493. The maximum Gasteiger partial charge on any atom is 0.303 e. The summed E-state index contributed by atoms with van der Waals surface area (Å²) in [5, 5.41) is 18.3. The van der Waals surface area contributed by atoms with Crippen LogP contribution in [0.3, 0.4) is 0 Å². The van der Waals surface area contributed by atoms with Gasteiger partial charge in [-0.1, -0.05) is 79.8 Å². The van der Waals surface area contributed by atoms with E-state index in [1.54, 1.807) is 6.08 Å². The number of aliphatic carboxylic acids is 1. The van der Waals surface area contributed by atoms with Crippen molar-refractivity contribution in [3.8, 4) is 0 Å². The van der Waals surface area contributed by atoms with Crippen LogP contribution in [0, 0.1) is 0 Å². The van der Waals surface area contributed by atoms with Crippen LogP contribution in [0.2, 0.25) is 0 Å². The molecule has 0 rings (SSSR count). The summed E-state index contributed by atoms with van der Waals surface area (Å²) < 4.78 is 0. The summed E-state index contributed by atoms with van der Waals surface area (Å²) in [6.07, 6.45) is 28.5. The van der Waals surface area contributed by atoms with Crippen molar-refractivity contribution < 1.29 is 15.0 Å². The van der Waals surface area contributed by atoms with Gasteiger partial charge in [0.1, 0.15) is 0 Å². The largest absolute Gasteiger partial charge is 0.481 e. The minimum atomic E-state index is -0.774. The molecule has 138 valence electrons. The van der Waals surface area contributed by atoms with E-state index in [1.165, 1.54) is 0 Å². The van der Waals surface area contributed by atoms with E-state index in [0.717, 1.165) is 25.7 Å². The fourth-order valence-electron chi connectivity index (χ4n) is 1.87. The summed E-state index contributed by atoms with van der Waals surface area (Å²) in [5.74, 6) is -0.774. The van der Waals surface area contributed by atoms with Crippen LogP contribution in [-0.4, -0.2) is 22.3 Å². The molecule has 0 spiro atoms. The van der Waals surface area contributed by atoms with Crippen molar-refractivity contribution in [3.63, 3.8) is 0 Å². The fraction of sp³-hybridized carbons (Fsp3) is 0.409. The molecule has 3 nitrogen and oxygen atoms in total. The molecule has 0 aromatic carbocycles. The van der Waals surface area contributed by atoms with Crippen LogP contribution in [0.15, 0.2) is 72.9 Å². The summed E-state index contributed by atoms with van der Waals surface area (Å²) >= 11 is 0. The van der Waals surface area contributed by atoms with Crippen molar-refractivity contribution >= 4 is 5.97 Å². The van der Waals surface area contributed by atoms with E-state index in [1.807, 2.05) is 36.5 Å². The van der Waals surface area contributed by atoms with E-state index in [0.29, 0.717) is 12.8 Å². The predicted octanol–water partition coefficient (Wildman–Crippen LogP) is 5.52. The van der Waals surface area contributed by atoms with Gasteiger partial charge in [-0.2, -0.15) is 0 Å². The van der Waals surface area contributed by atoms with E-state index in [2.05, 4.69) is 37.3 Å². The van der Waals surface area contributed by atoms with Crippen molar-refractivity contribution in [3.05, 3.63) is 72.9 Å². The van der Waals surface area contributed by atoms with Gasteiger partial charge in [-0.05, 0) is 38.5 Å². The molecule has 0 fully saturated rings. The highest BCUT2D eigenvalue weighted by Crippen LogP contribution is 1.99. The molecule has 0 bridgehead atoms. The SMILES string of the molecule is CC/C=C\C/C=C\C/C=C\C=C/C(O)C/C=C\C/C=C/CCC(=O)O. The summed E-state index contributed by atoms with van der Waals surface area (Å²) in [5.41, 5.74) is 0.